The molecule has 0 heterocycles. The molecule has 0 fully saturated rings. The number of benzene rings is 1. The van der Waals surface area contributed by atoms with Crippen LogP contribution in [0.2, 0.25) is 10.0 Å². The number of hydrogen-bond donors (Lipinski definition) is 1. The molecular weight excluding hydrogens is 281 g/mol. The van der Waals surface area contributed by atoms with E-state index < -0.39 is 10.0 Å². The second kappa shape index (κ2) is 5.57. The standard InChI is InChI=1S/C11H15Cl2NO2S/c1-4-8(3)14-17(15,16)11-5-7(2)9(12)6-10(11)13/h5-6,8,14H,4H2,1-3H3. The van der Waals surface area contributed by atoms with Crippen LogP contribution in [0.5, 0.6) is 0 Å². The molecule has 0 aliphatic rings. The molecule has 0 amide bonds. The van der Waals surface area contributed by atoms with E-state index in [9.17, 15) is 8.42 Å². The summed E-state index contributed by atoms with van der Waals surface area (Å²) in [5.41, 5.74) is 0.681. The van der Waals surface area contributed by atoms with Crippen LogP contribution in [0.15, 0.2) is 17.0 Å². The zero-order valence-electron chi connectivity index (χ0n) is 9.92. The smallest absolute Gasteiger partial charge is 0.208 e. The largest absolute Gasteiger partial charge is 0.242 e. The van der Waals surface area contributed by atoms with E-state index in [0.29, 0.717) is 17.0 Å². The normalized spacial score (nSPS) is 13.7. The highest BCUT2D eigenvalue weighted by Crippen LogP contribution is 2.28. The number of hydrogen-bond acceptors (Lipinski definition) is 2. The zero-order valence-corrected chi connectivity index (χ0v) is 12.2. The molecule has 0 aromatic heterocycles. The number of halogens is 2. The van der Waals surface area contributed by atoms with Gasteiger partial charge in [0.05, 0.1) is 5.02 Å². The third-order valence-corrected chi connectivity index (χ3v) is 4.93. The predicted molar refractivity (Wildman–Crippen MR) is 71.3 cm³/mol. The molecule has 1 aromatic carbocycles. The van der Waals surface area contributed by atoms with Gasteiger partial charge < -0.3 is 0 Å². The van der Waals surface area contributed by atoms with Gasteiger partial charge in [0.25, 0.3) is 0 Å². The van der Waals surface area contributed by atoms with Crippen molar-refractivity contribution in [3.05, 3.63) is 27.7 Å². The van der Waals surface area contributed by atoms with Crippen molar-refractivity contribution in [1.29, 1.82) is 0 Å². The van der Waals surface area contributed by atoms with Gasteiger partial charge in [0.2, 0.25) is 10.0 Å². The number of rotatable bonds is 4. The summed E-state index contributed by atoms with van der Waals surface area (Å²) < 4.78 is 26.6. The monoisotopic (exact) mass is 295 g/mol. The zero-order chi connectivity index (χ0) is 13.2. The first kappa shape index (κ1) is 14.8. The van der Waals surface area contributed by atoms with Gasteiger partial charge in [-0.25, -0.2) is 13.1 Å². The molecule has 0 saturated carbocycles. The molecule has 0 bridgehead atoms. The average molecular weight is 296 g/mol. The summed E-state index contributed by atoms with van der Waals surface area (Å²) in [6.45, 7) is 5.44. The minimum atomic E-state index is -3.58. The molecular formula is C11H15Cl2NO2S. The number of aryl methyl sites for hydroxylation is 1. The summed E-state index contributed by atoms with van der Waals surface area (Å²) in [6, 6.07) is 2.80. The Labute approximate surface area is 112 Å². The fourth-order valence-electron chi connectivity index (χ4n) is 1.25. The Bertz CT molecular complexity index is 514. The first-order chi connectivity index (χ1) is 7.77. The lowest BCUT2D eigenvalue weighted by atomic mass is 10.2. The summed E-state index contributed by atoms with van der Waals surface area (Å²) in [4.78, 5) is 0.0707. The van der Waals surface area contributed by atoms with Crippen molar-refractivity contribution in [2.24, 2.45) is 0 Å². The molecule has 1 atom stereocenters. The summed E-state index contributed by atoms with van der Waals surface area (Å²) in [5, 5.41) is 0.592. The highest BCUT2D eigenvalue weighted by Gasteiger charge is 2.20. The Balaban J connectivity index is 3.20. The molecule has 1 unspecified atom stereocenters. The molecule has 0 aliphatic heterocycles. The van der Waals surface area contributed by atoms with Crippen LogP contribution in [0.4, 0.5) is 0 Å². The van der Waals surface area contributed by atoms with Gasteiger partial charge in [0, 0.05) is 11.1 Å². The van der Waals surface area contributed by atoms with Crippen molar-refractivity contribution in [3.63, 3.8) is 0 Å². The Morgan fingerprint density at radius 1 is 1.29 bits per heavy atom. The lowest BCUT2D eigenvalue weighted by Gasteiger charge is -2.14. The minimum absolute atomic E-state index is 0.0707. The van der Waals surface area contributed by atoms with E-state index in [1.165, 1.54) is 12.1 Å². The van der Waals surface area contributed by atoms with Gasteiger partial charge >= 0.3 is 0 Å². The molecule has 6 heteroatoms. The minimum Gasteiger partial charge on any atom is -0.208 e. The van der Waals surface area contributed by atoms with Crippen LogP contribution >= 0.6 is 23.2 Å². The van der Waals surface area contributed by atoms with E-state index in [1.54, 1.807) is 13.8 Å². The maximum Gasteiger partial charge on any atom is 0.242 e. The molecule has 0 aliphatic carbocycles. The van der Waals surface area contributed by atoms with Crippen LogP contribution in [0.25, 0.3) is 0 Å². The van der Waals surface area contributed by atoms with Gasteiger partial charge in [-0.15, -0.1) is 0 Å². The van der Waals surface area contributed by atoms with Crippen molar-refractivity contribution >= 4 is 33.2 Å². The Kier molecular flexibility index (Phi) is 4.84. The summed E-state index contributed by atoms with van der Waals surface area (Å²) in [6.07, 6.45) is 0.712. The third kappa shape index (κ3) is 3.58. The fraction of sp³-hybridized carbons (Fsp3) is 0.455. The maximum absolute atomic E-state index is 12.0. The summed E-state index contributed by atoms with van der Waals surface area (Å²) >= 11 is 11.8. The molecule has 17 heavy (non-hydrogen) atoms. The van der Waals surface area contributed by atoms with E-state index in [1.807, 2.05) is 6.92 Å². The second-order valence-corrected chi connectivity index (χ2v) is 6.46. The van der Waals surface area contributed by atoms with Gasteiger partial charge in [-0.2, -0.15) is 0 Å². The van der Waals surface area contributed by atoms with Crippen molar-refractivity contribution < 1.29 is 8.42 Å². The number of nitrogens with one attached hydrogen (secondary N) is 1. The molecule has 1 N–H and O–H groups in total. The molecule has 0 spiro atoms. The van der Waals surface area contributed by atoms with Crippen molar-refractivity contribution in [2.75, 3.05) is 0 Å². The van der Waals surface area contributed by atoms with E-state index in [2.05, 4.69) is 4.72 Å². The fourth-order valence-corrected chi connectivity index (χ4v) is 3.41. The van der Waals surface area contributed by atoms with Gasteiger partial charge in [-0.3, -0.25) is 0 Å². The first-order valence-electron chi connectivity index (χ1n) is 5.26. The molecule has 96 valence electrons. The maximum atomic E-state index is 12.0. The lowest BCUT2D eigenvalue weighted by molar-refractivity contribution is 0.556. The molecule has 1 rings (SSSR count). The van der Waals surface area contributed by atoms with Crippen molar-refractivity contribution in [1.82, 2.24) is 4.72 Å². The quantitative estimate of drug-likeness (QED) is 0.926. The van der Waals surface area contributed by atoms with Gasteiger partial charge in [-0.1, -0.05) is 30.1 Å². The Morgan fingerprint density at radius 2 is 1.88 bits per heavy atom. The predicted octanol–water partition coefficient (Wildman–Crippen LogP) is 3.38. The molecule has 0 radical (unpaired) electrons. The van der Waals surface area contributed by atoms with Crippen LogP contribution in [-0.4, -0.2) is 14.5 Å². The third-order valence-electron chi connectivity index (χ3n) is 2.47. The van der Waals surface area contributed by atoms with E-state index >= 15 is 0 Å². The van der Waals surface area contributed by atoms with Crippen LogP contribution in [0, 0.1) is 6.92 Å². The summed E-state index contributed by atoms with van der Waals surface area (Å²) in [5.74, 6) is 0. The average Bonchev–Trinajstić information content (AvgIpc) is 2.22. The molecule has 3 nitrogen and oxygen atoms in total. The van der Waals surface area contributed by atoms with Gasteiger partial charge in [-0.05, 0) is 38.0 Å². The van der Waals surface area contributed by atoms with Crippen LogP contribution in [-0.2, 0) is 10.0 Å². The Hall–Kier alpha value is -0.290. The first-order valence-corrected chi connectivity index (χ1v) is 7.49. The van der Waals surface area contributed by atoms with Crippen LogP contribution in [0.3, 0.4) is 0 Å². The highest BCUT2D eigenvalue weighted by atomic mass is 35.5. The van der Waals surface area contributed by atoms with E-state index in [4.69, 9.17) is 23.2 Å². The highest BCUT2D eigenvalue weighted by molar-refractivity contribution is 7.89. The Morgan fingerprint density at radius 3 is 2.41 bits per heavy atom. The second-order valence-electron chi connectivity index (χ2n) is 3.96. The van der Waals surface area contributed by atoms with Gasteiger partial charge in [0.1, 0.15) is 4.90 Å². The van der Waals surface area contributed by atoms with E-state index in [0.717, 1.165) is 0 Å². The van der Waals surface area contributed by atoms with Gasteiger partial charge in [0.15, 0.2) is 0 Å². The van der Waals surface area contributed by atoms with Crippen molar-refractivity contribution in [2.45, 2.75) is 38.1 Å². The SMILES string of the molecule is CCC(C)NS(=O)(=O)c1cc(C)c(Cl)cc1Cl. The molecule has 1 aromatic rings. The number of sulfonamides is 1. The van der Waals surface area contributed by atoms with Crippen molar-refractivity contribution in [3.8, 4) is 0 Å². The van der Waals surface area contributed by atoms with Crippen LogP contribution < -0.4 is 4.72 Å². The summed E-state index contributed by atoms with van der Waals surface area (Å²) in [7, 11) is -3.58. The lowest BCUT2D eigenvalue weighted by Crippen LogP contribution is -2.32. The molecule has 0 saturated heterocycles. The van der Waals surface area contributed by atoms with Crippen LogP contribution in [0.1, 0.15) is 25.8 Å². The topological polar surface area (TPSA) is 46.2 Å². The van der Waals surface area contributed by atoms with E-state index in [-0.39, 0.29) is 16.0 Å².